The highest BCUT2D eigenvalue weighted by Gasteiger charge is 1.88. The zero-order chi connectivity index (χ0) is 17.1. The highest BCUT2D eigenvalue weighted by atomic mass is 16.5. The number of ether oxygens (including phenoxy) is 1. The Hall–Kier alpha value is -0.200. The van der Waals surface area contributed by atoms with Crippen LogP contribution in [0.3, 0.4) is 0 Å². The standard InChI is InChI=1S/C11H28N4O/c1-3-12-5-6-13-7-8-14-9-10-15-11-16-4-2/h12-15H,3-11H2,1-2H3/i2D3,4D2,11D. The van der Waals surface area contributed by atoms with Gasteiger partial charge in [-0.15, -0.1) is 0 Å². The maximum absolute atomic E-state index is 7.45. The third kappa shape index (κ3) is 13.8. The molecule has 0 aromatic carbocycles. The summed E-state index contributed by atoms with van der Waals surface area (Å²) >= 11 is 0. The Balaban J connectivity index is 3.52. The van der Waals surface area contributed by atoms with Crippen LogP contribution in [0.4, 0.5) is 0 Å². The number of nitrogens with one attached hydrogen (secondary N) is 4. The van der Waals surface area contributed by atoms with Crippen LogP contribution >= 0.6 is 0 Å². The van der Waals surface area contributed by atoms with Crippen LogP contribution < -0.4 is 21.3 Å². The van der Waals surface area contributed by atoms with Gasteiger partial charge in [0.15, 0.2) is 0 Å². The van der Waals surface area contributed by atoms with Gasteiger partial charge >= 0.3 is 0 Å². The molecule has 0 amide bonds. The van der Waals surface area contributed by atoms with Crippen molar-refractivity contribution in [2.75, 3.05) is 59.1 Å². The molecule has 98 valence electrons. The molecule has 1 atom stereocenters. The van der Waals surface area contributed by atoms with Gasteiger partial charge < -0.3 is 20.7 Å². The van der Waals surface area contributed by atoms with Crippen LogP contribution in [0.1, 0.15) is 22.0 Å². The summed E-state index contributed by atoms with van der Waals surface area (Å²) < 4.78 is 47.4. The van der Waals surface area contributed by atoms with Crippen molar-refractivity contribution in [3.63, 3.8) is 0 Å². The Labute approximate surface area is 108 Å². The van der Waals surface area contributed by atoms with Gasteiger partial charge in [-0.2, -0.15) is 0 Å². The summed E-state index contributed by atoms with van der Waals surface area (Å²) in [5.74, 6) is 0. The van der Waals surface area contributed by atoms with E-state index in [0.717, 1.165) is 32.7 Å². The third-order valence-corrected chi connectivity index (χ3v) is 1.85. The molecule has 1 unspecified atom stereocenters. The van der Waals surface area contributed by atoms with Gasteiger partial charge in [0.2, 0.25) is 0 Å². The summed E-state index contributed by atoms with van der Waals surface area (Å²) in [7, 11) is 0. The number of hydrogen-bond donors (Lipinski definition) is 4. The molecular formula is C11H28N4O. The molecule has 0 aliphatic carbocycles. The number of likely N-dealkylation sites (N-methyl/N-ethyl adjacent to an activating group) is 1. The molecule has 5 heteroatoms. The maximum atomic E-state index is 7.45. The Morgan fingerprint density at radius 2 is 1.50 bits per heavy atom. The van der Waals surface area contributed by atoms with Crippen molar-refractivity contribution in [2.24, 2.45) is 0 Å². The van der Waals surface area contributed by atoms with Gasteiger partial charge in [0.25, 0.3) is 0 Å². The van der Waals surface area contributed by atoms with Gasteiger partial charge in [-0.25, -0.2) is 0 Å². The minimum Gasteiger partial charge on any atom is -0.367 e. The second kappa shape index (κ2) is 14.8. The number of rotatable bonds is 13. The third-order valence-electron chi connectivity index (χ3n) is 1.85. The maximum Gasteiger partial charge on any atom is 0.0965 e. The van der Waals surface area contributed by atoms with Crippen LogP contribution in [0.25, 0.3) is 0 Å². The summed E-state index contributed by atoms with van der Waals surface area (Å²) in [5, 5.41) is 12.2. The lowest BCUT2D eigenvalue weighted by Gasteiger charge is -2.07. The van der Waals surface area contributed by atoms with Crippen molar-refractivity contribution in [3.05, 3.63) is 0 Å². The predicted octanol–water partition coefficient (Wildman–Crippen LogP) is -0.641. The Kier molecular flexibility index (Phi) is 7.40. The van der Waals surface area contributed by atoms with E-state index in [1.807, 2.05) is 0 Å². The summed E-state index contributed by atoms with van der Waals surface area (Å²) in [6.07, 6.45) is 0. The molecule has 0 aliphatic heterocycles. The Bertz CT molecular complexity index is 280. The van der Waals surface area contributed by atoms with E-state index in [-0.39, 0.29) is 0 Å². The van der Waals surface area contributed by atoms with Crippen molar-refractivity contribution in [2.45, 2.75) is 13.8 Å². The van der Waals surface area contributed by atoms with Gasteiger partial charge in [0.1, 0.15) is 0 Å². The lowest BCUT2D eigenvalue weighted by atomic mass is 10.5. The largest absolute Gasteiger partial charge is 0.367 e. The quantitative estimate of drug-likeness (QED) is 0.254. The first-order valence-electron chi connectivity index (χ1n) is 8.74. The normalized spacial score (nSPS) is 20.1. The van der Waals surface area contributed by atoms with E-state index in [9.17, 15) is 0 Å². The van der Waals surface area contributed by atoms with Crippen molar-refractivity contribution >= 4 is 0 Å². The van der Waals surface area contributed by atoms with Crippen LogP contribution in [0.2, 0.25) is 0 Å². The van der Waals surface area contributed by atoms with E-state index in [2.05, 4.69) is 32.9 Å². The molecule has 0 rings (SSSR count). The predicted molar refractivity (Wildman–Crippen MR) is 68.8 cm³/mol. The van der Waals surface area contributed by atoms with Gasteiger partial charge in [-0.1, -0.05) is 6.92 Å². The average molecular weight is 238 g/mol. The highest BCUT2D eigenvalue weighted by Crippen LogP contribution is 1.67. The van der Waals surface area contributed by atoms with Crippen molar-refractivity contribution in [3.8, 4) is 0 Å². The first-order chi connectivity index (χ1) is 10.2. The molecular weight excluding hydrogens is 204 g/mol. The lowest BCUT2D eigenvalue weighted by Crippen LogP contribution is -2.35. The van der Waals surface area contributed by atoms with Crippen molar-refractivity contribution in [1.82, 2.24) is 21.3 Å². The molecule has 0 saturated carbocycles. The Morgan fingerprint density at radius 1 is 0.938 bits per heavy atom. The molecule has 0 heterocycles. The van der Waals surface area contributed by atoms with Gasteiger partial charge in [0, 0.05) is 49.9 Å². The smallest absolute Gasteiger partial charge is 0.0965 e. The molecule has 4 N–H and O–H groups in total. The van der Waals surface area contributed by atoms with Crippen LogP contribution in [-0.2, 0) is 4.74 Å². The molecule has 0 aromatic heterocycles. The zero-order valence-electron chi connectivity index (χ0n) is 15.9. The lowest BCUT2D eigenvalue weighted by molar-refractivity contribution is 0.129. The first kappa shape index (κ1) is 8.00. The molecule has 0 fully saturated rings. The fourth-order valence-corrected chi connectivity index (χ4v) is 1.07. The molecule has 0 radical (unpaired) electrons. The molecule has 0 aromatic rings. The van der Waals surface area contributed by atoms with E-state index in [1.54, 1.807) is 0 Å². The highest BCUT2D eigenvalue weighted by molar-refractivity contribution is 4.54. The van der Waals surface area contributed by atoms with Gasteiger partial charge in [-0.3, -0.25) is 5.32 Å². The van der Waals surface area contributed by atoms with Crippen LogP contribution in [0, 0.1) is 0 Å². The zero-order valence-corrected chi connectivity index (χ0v) is 9.94. The van der Waals surface area contributed by atoms with E-state index in [0.29, 0.717) is 13.1 Å². The minimum absolute atomic E-state index is 0.378. The first-order valence-corrected chi connectivity index (χ1v) is 5.66. The molecule has 5 nitrogen and oxygen atoms in total. The molecule has 0 aliphatic rings. The van der Waals surface area contributed by atoms with Gasteiger partial charge in [0.05, 0.1) is 10.8 Å². The van der Waals surface area contributed by atoms with E-state index >= 15 is 0 Å². The van der Waals surface area contributed by atoms with E-state index in [1.165, 1.54) is 0 Å². The fourth-order valence-electron chi connectivity index (χ4n) is 1.07. The second-order valence-corrected chi connectivity index (χ2v) is 3.15. The number of hydrogen-bond acceptors (Lipinski definition) is 5. The summed E-state index contributed by atoms with van der Waals surface area (Å²) in [4.78, 5) is 0. The molecule has 0 saturated heterocycles. The van der Waals surface area contributed by atoms with Crippen LogP contribution in [0.5, 0.6) is 0 Å². The molecule has 0 bridgehead atoms. The van der Waals surface area contributed by atoms with Gasteiger partial charge in [-0.05, 0) is 13.4 Å². The van der Waals surface area contributed by atoms with Crippen molar-refractivity contribution < 1.29 is 13.0 Å². The second-order valence-electron chi connectivity index (χ2n) is 3.15. The van der Waals surface area contributed by atoms with Crippen LogP contribution in [0.15, 0.2) is 0 Å². The topological polar surface area (TPSA) is 57.3 Å². The SMILES string of the molecule is [2H]C(NCCNCCNCCNCC)OC([2H])([2H])C([2H])([2H])[2H]. The average Bonchev–Trinajstić information content (AvgIpc) is 2.39. The van der Waals surface area contributed by atoms with E-state index < -0.39 is 20.1 Å². The van der Waals surface area contributed by atoms with Crippen LogP contribution in [-0.4, -0.2) is 59.1 Å². The summed E-state index contributed by atoms with van der Waals surface area (Å²) in [6, 6.07) is 0. The monoisotopic (exact) mass is 238 g/mol. The summed E-state index contributed by atoms with van der Waals surface area (Å²) in [5.41, 5.74) is 0. The van der Waals surface area contributed by atoms with Crippen molar-refractivity contribution in [1.29, 1.82) is 0 Å². The molecule has 0 spiro atoms. The Morgan fingerprint density at radius 3 is 2.06 bits per heavy atom. The molecule has 16 heavy (non-hydrogen) atoms. The minimum atomic E-state index is -2.91. The summed E-state index contributed by atoms with van der Waals surface area (Å²) in [6.45, 7) is 0.232. The van der Waals surface area contributed by atoms with E-state index in [4.69, 9.17) is 8.22 Å². The fraction of sp³-hybridized carbons (Fsp3) is 1.00.